The lowest BCUT2D eigenvalue weighted by atomic mass is 10.1. The van der Waals surface area contributed by atoms with Crippen LogP contribution in [0.3, 0.4) is 0 Å². The van der Waals surface area contributed by atoms with Crippen molar-refractivity contribution in [1.82, 2.24) is 0 Å². The van der Waals surface area contributed by atoms with Crippen molar-refractivity contribution in [3.63, 3.8) is 0 Å². The second-order valence-electron chi connectivity index (χ2n) is 6.40. The predicted octanol–water partition coefficient (Wildman–Crippen LogP) is 5.04. The Balaban J connectivity index is 2.25. The number of hydrogen-bond acceptors (Lipinski definition) is 3. The highest BCUT2D eigenvalue weighted by Gasteiger charge is 2.13. The fourth-order valence-corrected chi connectivity index (χ4v) is 2.47. The molecule has 0 fully saturated rings. The molecule has 133 valence electrons. The average molecular weight is 339 g/mol. The molecule has 1 atom stereocenters. The minimum absolute atomic E-state index is 0.00656. The molecule has 4 heteroatoms. The number of amides is 1. The highest BCUT2D eigenvalue weighted by molar-refractivity contribution is 5.92. The van der Waals surface area contributed by atoms with Crippen LogP contribution in [0.25, 0.3) is 0 Å². The van der Waals surface area contributed by atoms with E-state index in [4.69, 9.17) is 4.74 Å². The van der Waals surface area contributed by atoms with Crippen molar-refractivity contribution in [1.29, 1.82) is 0 Å². The largest absolute Gasteiger partial charge is 0.492 e. The van der Waals surface area contributed by atoms with Gasteiger partial charge in [-0.05, 0) is 50.1 Å². The monoisotopic (exact) mass is 339 g/mol. The number of ether oxygens (including phenoxy) is 1. The van der Waals surface area contributed by atoms with E-state index in [9.17, 15) is 4.79 Å². The van der Waals surface area contributed by atoms with Crippen LogP contribution in [0, 0.1) is 12.8 Å². The quantitative estimate of drug-likeness (QED) is 0.743. The number of carbonyl (C=O) groups excluding carboxylic acids is 1. The SMILES string of the molecule is [CH2]c1cccc(C(C)Nc2cc(NC(=O)C(C)C)ccc2OCC)c1. The van der Waals surface area contributed by atoms with E-state index in [1.165, 1.54) is 0 Å². The number of benzene rings is 2. The maximum Gasteiger partial charge on any atom is 0.226 e. The molecular weight excluding hydrogens is 312 g/mol. The van der Waals surface area contributed by atoms with Gasteiger partial charge in [0, 0.05) is 17.6 Å². The smallest absolute Gasteiger partial charge is 0.226 e. The Morgan fingerprint density at radius 1 is 1.16 bits per heavy atom. The Kier molecular flexibility index (Phi) is 6.45. The molecule has 1 unspecified atom stereocenters. The van der Waals surface area contributed by atoms with Crippen LogP contribution in [0.15, 0.2) is 42.5 Å². The van der Waals surface area contributed by atoms with Crippen LogP contribution in [0.1, 0.15) is 44.9 Å². The van der Waals surface area contributed by atoms with E-state index in [2.05, 4.69) is 36.6 Å². The number of carbonyl (C=O) groups is 1. The third kappa shape index (κ3) is 5.24. The molecule has 1 amide bonds. The molecule has 0 aliphatic rings. The van der Waals surface area contributed by atoms with Gasteiger partial charge < -0.3 is 15.4 Å². The predicted molar refractivity (Wildman–Crippen MR) is 104 cm³/mol. The van der Waals surface area contributed by atoms with Gasteiger partial charge in [0.05, 0.1) is 12.3 Å². The van der Waals surface area contributed by atoms with Gasteiger partial charge in [-0.2, -0.15) is 0 Å². The molecule has 25 heavy (non-hydrogen) atoms. The summed E-state index contributed by atoms with van der Waals surface area (Å²) in [5, 5.41) is 6.41. The van der Waals surface area contributed by atoms with E-state index in [1.807, 2.05) is 51.1 Å². The summed E-state index contributed by atoms with van der Waals surface area (Å²) in [6, 6.07) is 13.8. The van der Waals surface area contributed by atoms with Gasteiger partial charge in [-0.1, -0.05) is 38.1 Å². The first-order valence-corrected chi connectivity index (χ1v) is 8.67. The van der Waals surface area contributed by atoms with E-state index in [0.717, 1.165) is 28.3 Å². The van der Waals surface area contributed by atoms with Gasteiger partial charge in [-0.15, -0.1) is 0 Å². The normalized spacial score (nSPS) is 11.9. The average Bonchev–Trinajstić information content (AvgIpc) is 2.57. The molecular formula is C21H27N2O2. The molecule has 2 aromatic carbocycles. The number of anilines is 2. The molecule has 0 heterocycles. The molecule has 2 rings (SSSR count). The third-order valence-electron chi connectivity index (χ3n) is 3.89. The summed E-state index contributed by atoms with van der Waals surface area (Å²) < 4.78 is 5.72. The van der Waals surface area contributed by atoms with Crippen LogP contribution in [0.5, 0.6) is 5.75 Å². The zero-order valence-corrected chi connectivity index (χ0v) is 15.4. The van der Waals surface area contributed by atoms with E-state index >= 15 is 0 Å². The van der Waals surface area contributed by atoms with Gasteiger partial charge in [0.25, 0.3) is 0 Å². The summed E-state index contributed by atoms with van der Waals surface area (Å²) in [5.74, 6) is 0.692. The summed E-state index contributed by atoms with van der Waals surface area (Å²) in [5.41, 5.74) is 3.73. The zero-order valence-electron chi connectivity index (χ0n) is 15.4. The van der Waals surface area contributed by atoms with Crippen LogP contribution in [0.2, 0.25) is 0 Å². The minimum atomic E-state index is -0.0679. The van der Waals surface area contributed by atoms with Crippen molar-refractivity contribution in [2.45, 2.75) is 33.7 Å². The van der Waals surface area contributed by atoms with Gasteiger partial charge >= 0.3 is 0 Å². The van der Waals surface area contributed by atoms with Gasteiger partial charge in [-0.3, -0.25) is 4.79 Å². The number of nitrogens with one attached hydrogen (secondary N) is 2. The molecule has 1 radical (unpaired) electrons. The fraction of sp³-hybridized carbons (Fsp3) is 0.333. The minimum Gasteiger partial charge on any atom is -0.492 e. The Bertz CT molecular complexity index is 726. The summed E-state index contributed by atoms with van der Waals surface area (Å²) in [7, 11) is 0. The standard InChI is InChI=1S/C21H27N2O2/c1-6-25-20-11-10-18(23-21(24)14(2)3)13-19(20)22-16(5)17-9-7-8-15(4)12-17/h7-14,16,22H,4,6H2,1-3,5H3,(H,23,24). The van der Waals surface area contributed by atoms with Crippen molar-refractivity contribution < 1.29 is 9.53 Å². The highest BCUT2D eigenvalue weighted by atomic mass is 16.5. The van der Waals surface area contributed by atoms with Gasteiger partial charge in [0.1, 0.15) is 5.75 Å². The number of hydrogen-bond donors (Lipinski definition) is 2. The summed E-state index contributed by atoms with van der Waals surface area (Å²) in [4.78, 5) is 11.9. The summed E-state index contributed by atoms with van der Waals surface area (Å²) in [6.45, 7) is 12.3. The van der Waals surface area contributed by atoms with Crippen LogP contribution >= 0.6 is 0 Å². The Hall–Kier alpha value is -2.49. The van der Waals surface area contributed by atoms with Crippen LogP contribution in [-0.2, 0) is 4.79 Å². The summed E-state index contributed by atoms with van der Waals surface area (Å²) in [6.07, 6.45) is 0. The summed E-state index contributed by atoms with van der Waals surface area (Å²) >= 11 is 0. The molecule has 4 nitrogen and oxygen atoms in total. The molecule has 2 aromatic rings. The fourth-order valence-electron chi connectivity index (χ4n) is 2.47. The lowest BCUT2D eigenvalue weighted by Crippen LogP contribution is -2.18. The third-order valence-corrected chi connectivity index (χ3v) is 3.89. The van der Waals surface area contributed by atoms with Crippen molar-refractivity contribution >= 4 is 17.3 Å². The van der Waals surface area contributed by atoms with Crippen molar-refractivity contribution in [3.8, 4) is 5.75 Å². The van der Waals surface area contributed by atoms with Gasteiger partial charge in [-0.25, -0.2) is 0 Å². The van der Waals surface area contributed by atoms with Crippen LogP contribution in [0.4, 0.5) is 11.4 Å². The molecule has 0 bridgehead atoms. The molecule has 0 aromatic heterocycles. The first-order chi connectivity index (χ1) is 11.9. The highest BCUT2D eigenvalue weighted by Crippen LogP contribution is 2.31. The van der Waals surface area contributed by atoms with E-state index in [1.54, 1.807) is 0 Å². The van der Waals surface area contributed by atoms with Crippen LogP contribution < -0.4 is 15.4 Å². The maximum atomic E-state index is 11.9. The molecule has 0 spiro atoms. The van der Waals surface area contributed by atoms with E-state index in [0.29, 0.717) is 6.61 Å². The molecule has 0 aliphatic carbocycles. The number of rotatable bonds is 7. The Morgan fingerprint density at radius 2 is 1.92 bits per heavy atom. The first-order valence-electron chi connectivity index (χ1n) is 8.67. The van der Waals surface area contributed by atoms with Gasteiger partial charge in [0.2, 0.25) is 5.91 Å². The topological polar surface area (TPSA) is 50.4 Å². The van der Waals surface area contributed by atoms with Gasteiger partial charge in [0.15, 0.2) is 0 Å². The zero-order chi connectivity index (χ0) is 18.4. The van der Waals surface area contributed by atoms with Crippen molar-refractivity contribution in [2.24, 2.45) is 5.92 Å². The Morgan fingerprint density at radius 3 is 2.56 bits per heavy atom. The van der Waals surface area contributed by atoms with E-state index < -0.39 is 0 Å². The molecule has 0 saturated heterocycles. The molecule has 2 N–H and O–H groups in total. The first kappa shape index (κ1) is 18.8. The van der Waals surface area contributed by atoms with Crippen LogP contribution in [-0.4, -0.2) is 12.5 Å². The Labute approximate surface area is 150 Å². The van der Waals surface area contributed by atoms with E-state index in [-0.39, 0.29) is 17.9 Å². The van der Waals surface area contributed by atoms with Crippen molar-refractivity contribution in [2.75, 3.05) is 17.2 Å². The lowest BCUT2D eigenvalue weighted by molar-refractivity contribution is -0.118. The molecule has 0 saturated carbocycles. The van der Waals surface area contributed by atoms with Crippen molar-refractivity contribution in [3.05, 3.63) is 60.5 Å². The second-order valence-corrected chi connectivity index (χ2v) is 6.40. The maximum absolute atomic E-state index is 11.9. The second kappa shape index (κ2) is 8.56. The molecule has 0 aliphatic heterocycles. The lowest BCUT2D eigenvalue weighted by Gasteiger charge is -2.20.